The molecule has 0 amide bonds. The zero-order valence-electron chi connectivity index (χ0n) is 10.4. The molecule has 0 heterocycles. The summed E-state index contributed by atoms with van der Waals surface area (Å²) >= 11 is 0. The van der Waals surface area contributed by atoms with Gasteiger partial charge in [-0.3, -0.25) is 0 Å². The fourth-order valence-electron chi connectivity index (χ4n) is 1.73. The molecule has 0 aliphatic rings. The number of carbonyl (C=O) groups is 1. The van der Waals surface area contributed by atoms with Gasteiger partial charge in [-0.25, -0.2) is 4.79 Å². The lowest BCUT2D eigenvalue weighted by molar-refractivity contribution is 0.0688. The van der Waals surface area contributed by atoms with Crippen molar-refractivity contribution in [3.8, 4) is 17.6 Å². The van der Waals surface area contributed by atoms with E-state index in [2.05, 4.69) is 0 Å². The van der Waals surface area contributed by atoms with E-state index in [0.29, 0.717) is 0 Å². The molecule has 2 aromatic carbocycles. The highest BCUT2D eigenvalue weighted by molar-refractivity contribution is 5.94. The Bertz CT molecular complexity index is 674. The van der Waals surface area contributed by atoms with Gasteiger partial charge in [0.15, 0.2) is 0 Å². The Labute approximate surface area is 115 Å². The van der Waals surface area contributed by atoms with Gasteiger partial charge < -0.3 is 14.9 Å². The van der Waals surface area contributed by atoms with E-state index < -0.39 is 11.7 Å². The fourth-order valence-corrected chi connectivity index (χ4v) is 1.73. The van der Waals surface area contributed by atoms with Crippen molar-refractivity contribution in [2.45, 2.75) is 6.61 Å². The topological polar surface area (TPSA) is 90.5 Å². The predicted octanol–water partition coefficient (Wildman–Crippen LogP) is 2.54. The maximum Gasteiger partial charge on any atom is 0.343 e. The van der Waals surface area contributed by atoms with Gasteiger partial charge in [0, 0.05) is 0 Å². The van der Waals surface area contributed by atoms with Crippen LogP contribution in [0.1, 0.15) is 21.5 Å². The van der Waals surface area contributed by atoms with Crippen LogP contribution < -0.4 is 4.74 Å². The summed E-state index contributed by atoms with van der Waals surface area (Å²) in [4.78, 5) is 11.1. The molecular formula is C15H11NO4. The van der Waals surface area contributed by atoms with Crippen LogP contribution in [-0.4, -0.2) is 16.2 Å². The summed E-state index contributed by atoms with van der Waals surface area (Å²) in [6.07, 6.45) is 0. The normalized spacial score (nSPS) is 9.75. The number of benzene rings is 2. The molecule has 0 saturated carbocycles. The van der Waals surface area contributed by atoms with E-state index in [4.69, 9.17) is 15.1 Å². The molecular weight excluding hydrogens is 258 g/mol. The molecule has 0 spiro atoms. The van der Waals surface area contributed by atoms with Crippen LogP contribution in [-0.2, 0) is 6.61 Å². The second kappa shape index (κ2) is 5.76. The molecule has 0 bridgehead atoms. The zero-order chi connectivity index (χ0) is 14.5. The van der Waals surface area contributed by atoms with Gasteiger partial charge in [-0.05, 0) is 17.7 Å². The van der Waals surface area contributed by atoms with Crippen LogP contribution in [0.2, 0.25) is 0 Å². The molecule has 0 radical (unpaired) electrons. The summed E-state index contributed by atoms with van der Waals surface area (Å²) in [7, 11) is 0. The molecule has 0 atom stereocenters. The van der Waals surface area contributed by atoms with Crippen LogP contribution in [0.25, 0.3) is 0 Å². The second-order valence-electron chi connectivity index (χ2n) is 4.06. The zero-order valence-corrected chi connectivity index (χ0v) is 10.4. The first kappa shape index (κ1) is 13.4. The first-order valence-corrected chi connectivity index (χ1v) is 5.79. The molecule has 20 heavy (non-hydrogen) atoms. The molecule has 0 aliphatic heterocycles. The Morgan fingerprint density at radius 2 is 1.95 bits per heavy atom. The Morgan fingerprint density at radius 1 is 1.25 bits per heavy atom. The van der Waals surface area contributed by atoms with Crippen molar-refractivity contribution in [2.75, 3.05) is 0 Å². The van der Waals surface area contributed by atoms with Crippen molar-refractivity contribution in [3.63, 3.8) is 0 Å². The standard InChI is InChI=1S/C15H11NO4/c16-8-11-6-12(17)14(15(18)19)13(7-11)20-9-10-4-2-1-3-5-10/h1-7,17H,9H2,(H,18,19). The highest BCUT2D eigenvalue weighted by Gasteiger charge is 2.18. The van der Waals surface area contributed by atoms with Crippen molar-refractivity contribution < 1.29 is 19.7 Å². The SMILES string of the molecule is N#Cc1cc(O)c(C(=O)O)c(OCc2ccccc2)c1. The molecule has 0 fully saturated rings. The third-order valence-corrected chi connectivity index (χ3v) is 2.66. The highest BCUT2D eigenvalue weighted by atomic mass is 16.5. The molecule has 5 nitrogen and oxygen atoms in total. The van der Waals surface area contributed by atoms with Crippen molar-refractivity contribution in [1.29, 1.82) is 5.26 Å². The summed E-state index contributed by atoms with van der Waals surface area (Å²) in [6, 6.07) is 13.4. The Hall–Kier alpha value is -3.00. The van der Waals surface area contributed by atoms with Gasteiger partial charge in [0.1, 0.15) is 23.7 Å². The molecule has 100 valence electrons. The van der Waals surface area contributed by atoms with Crippen molar-refractivity contribution in [1.82, 2.24) is 0 Å². The van der Waals surface area contributed by atoms with Gasteiger partial charge in [0.25, 0.3) is 0 Å². The van der Waals surface area contributed by atoms with Gasteiger partial charge >= 0.3 is 5.97 Å². The molecule has 2 N–H and O–H groups in total. The number of ether oxygens (including phenoxy) is 1. The van der Waals surface area contributed by atoms with Gasteiger partial charge in [-0.15, -0.1) is 0 Å². The predicted molar refractivity (Wildman–Crippen MR) is 70.6 cm³/mol. The average molecular weight is 269 g/mol. The van der Waals surface area contributed by atoms with Crippen molar-refractivity contribution in [3.05, 3.63) is 59.2 Å². The van der Waals surface area contributed by atoms with Crippen LogP contribution in [0.3, 0.4) is 0 Å². The van der Waals surface area contributed by atoms with Gasteiger partial charge in [-0.2, -0.15) is 5.26 Å². The minimum Gasteiger partial charge on any atom is -0.507 e. The van der Waals surface area contributed by atoms with Gasteiger partial charge in [-0.1, -0.05) is 30.3 Å². The van der Waals surface area contributed by atoms with E-state index in [1.165, 1.54) is 6.07 Å². The first-order chi connectivity index (χ1) is 9.61. The minimum atomic E-state index is -1.31. The third kappa shape index (κ3) is 2.87. The quantitative estimate of drug-likeness (QED) is 0.890. The van der Waals surface area contributed by atoms with Gasteiger partial charge in [0.2, 0.25) is 0 Å². The average Bonchev–Trinajstić information content (AvgIpc) is 2.45. The lowest BCUT2D eigenvalue weighted by Gasteiger charge is -2.11. The number of nitriles is 1. The molecule has 0 saturated heterocycles. The van der Waals surface area contributed by atoms with Crippen LogP contribution in [0.4, 0.5) is 0 Å². The summed E-state index contributed by atoms with van der Waals surface area (Å²) in [6.45, 7) is 0.148. The lowest BCUT2D eigenvalue weighted by atomic mass is 10.1. The fraction of sp³-hybridized carbons (Fsp3) is 0.0667. The molecule has 0 aromatic heterocycles. The van der Waals surface area contributed by atoms with Gasteiger partial charge in [0.05, 0.1) is 11.6 Å². The number of aromatic carboxylic acids is 1. The molecule has 5 heteroatoms. The maximum absolute atomic E-state index is 11.1. The van der Waals surface area contributed by atoms with E-state index in [0.717, 1.165) is 11.6 Å². The molecule has 2 rings (SSSR count). The molecule has 0 aliphatic carbocycles. The first-order valence-electron chi connectivity index (χ1n) is 5.79. The van der Waals surface area contributed by atoms with E-state index in [1.807, 2.05) is 36.4 Å². The van der Waals surface area contributed by atoms with Crippen molar-refractivity contribution in [2.24, 2.45) is 0 Å². The van der Waals surface area contributed by atoms with E-state index in [1.54, 1.807) is 0 Å². The number of carboxylic acids is 1. The Kier molecular flexibility index (Phi) is 3.87. The van der Waals surface area contributed by atoms with Crippen LogP contribution in [0, 0.1) is 11.3 Å². The minimum absolute atomic E-state index is 0.0297. The number of aromatic hydroxyl groups is 1. The number of hydrogen-bond donors (Lipinski definition) is 2. The van der Waals surface area contributed by atoms with Crippen LogP contribution >= 0.6 is 0 Å². The highest BCUT2D eigenvalue weighted by Crippen LogP contribution is 2.30. The van der Waals surface area contributed by atoms with E-state index in [9.17, 15) is 9.90 Å². The summed E-state index contributed by atoms with van der Waals surface area (Å²) < 4.78 is 5.42. The number of hydrogen-bond acceptors (Lipinski definition) is 4. The number of phenols is 1. The molecule has 2 aromatic rings. The number of carboxylic acid groups (broad SMARTS) is 1. The summed E-state index contributed by atoms with van der Waals surface area (Å²) in [5.41, 5.74) is 0.640. The van der Waals surface area contributed by atoms with Crippen LogP contribution in [0.15, 0.2) is 42.5 Å². The van der Waals surface area contributed by atoms with E-state index in [-0.39, 0.29) is 23.5 Å². The second-order valence-corrected chi connectivity index (χ2v) is 4.06. The number of rotatable bonds is 4. The monoisotopic (exact) mass is 269 g/mol. The Balaban J connectivity index is 2.32. The van der Waals surface area contributed by atoms with Crippen molar-refractivity contribution >= 4 is 5.97 Å². The lowest BCUT2D eigenvalue weighted by Crippen LogP contribution is -2.04. The molecule has 0 unspecified atom stereocenters. The maximum atomic E-state index is 11.1. The summed E-state index contributed by atoms with van der Waals surface area (Å²) in [5.74, 6) is -1.83. The third-order valence-electron chi connectivity index (χ3n) is 2.66. The summed E-state index contributed by atoms with van der Waals surface area (Å²) in [5, 5.41) is 27.6. The largest absolute Gasteiger partial charge is 0.507 e. The smallest absolute Gasteiger partial charge is 0.343 e. The number of nitrogens with zero attached hydrogens (tertiary/aromatic N) is 1. The van der Waals surface area contributed by atoms with E-state index >= 15 is 0 Å². The van der Waals surface area contributed by atoms with Crippen LogP contribution in [0.5, 0.6) is 11.5 Å². The Morgan fingerprint density at radius 3 is 2.55 bits per heavy atom.